The van der Waals surface area contributed by atoms with Crippen molar-refractivity contribution in [3.8, 4) is 11.3 Å². The Bertz CT molecular complexity index is 1240. The van der Waals surface area contributed by atoms with Crippen LogP contribution in [0.3, 0.4) is 0 Å². The third kappa shape index (κ3) is 3.93. The molecule has 1 amide bonds. The van der Waals surface area contributed by atoms with Gasteiger partial charge in [-0.25, -0.2) is 4.39 Å². The van der Waals surface area contributed by atoms with E-state index in [0.717, 1.165) is 11.8 Å². The number of thioether (sulfide) groups is 1. The lowest BCUT2D eigenvalue weighted by atomic mass is 10.1. The van der Waals surface area contributed by atoms with Crippen LogP contribution in [0.5, 0.6) is 0 Å². The molecule has 30 heavy (non-hydrogen) atoms. The van der Waals surface area contributed by atoms with Gasteiger partial charge in [0.05, 0.1) is 15.5 Å². The molecule has 0 saturated carbocycles. The van der Waals surface area contributed by atoms with E-state index in [1.165, 1.54) is 35.2 Å². The number of amides is 1. The van der Waals surface area contributed by atoms with Crippen molar-refractivity contribution >= 4 is 67.6 Å². The van der Waals surface area contributed by atoms with Crippen molar-refractivity contribution in [2.75, 3.05) is 4.90 Å². The summed E-state index contributed by atoms with van der Waals surface area (Å²) in [5, 5.41) is 10.9. The summed E-state index contributed by atoms with van der Waals surface area (Å²) in [6.45, 7) is 0. The number of benzene rings is 2. The molecule has 0 unspecified atom stereocenters. The molecule has 1 aliphatic rings. The Morgan fingerprint density at radius 2 is 2.00 bits per heavy atom. The van der Waals surface area contributed by atoms with Gasteiger partial charge in [0.25, 0.3) is 11.6 Å². The third-order valence-electron chi connectivity index (χ3n) is 4.19. The molecule has 1 fully saturated rings. The van der Waals surface area contributed by atoms with Crippen molar-refractivity contribution in [3.05, 3.63) is 85.7 Å². The fourth-order valence-corrected chi connectivity index (χ4v) is 4.67. The number of halogens is 2. The van der Waals surface area contributed by atoms with Gasteiger partial charge in [-0.15, -0.1) is 0 Å². The number of anilines is 1. The van der Waals surface area contributed by atoms with Gasteiger partial charge in [-0.05, 0) is 52.3 Å². The second kappa shape index (κ2) is 8.13. The maximum absolute atomic E-state index is 13.5. The van der Waals surface area contributed by atoms with Gasteiger partial charge in [-0.3, -0.25) is 19.8 Å². The van der Waals surface area contributed by atoms with Gasteiger partial charge in [0, 0.05) is 28.2 Å². The summed E-state index contributed by atoms with van der Waals surface area (Å²) in [6, 6.07) is 13.4. The van der Waals surface area contributed by atoms with Gasteiger partial charge >= 0.3 is 0 Å². The standard InChI is InChI=1S/C20H10BrFN2O4S2/c21-16-9-13(24(26)27)4-6-15(16)17-7-5-14(28-17)10-18-19(25)23(20(29)30-18)12-3-1-2-11(22)8-12/h1-10H/b18-10-. The number of furan rings is 1. The molecule has 1 saturated heterocycles. The van der Waals surface area contributed by atoms with Crippen LogP contribution in [-0.4, -0.2) is 15.2 Å². The Kier molecular flexibility index (Phi) is 5.54. The Morgan fingerprint density at radius 3 is 2.70 bits per heavy atom. The first-order valence-corrected chi connectivity index (χ1v) is 10.4. The zero-order valence-corrected chi connectivity index (χ0v) is 18.1. The minimum absolute atomic E-state index is 0.0431. The molecule has 150 valence electrons. The highest BCUT2D eigenvalue weighted by atomic mass is 79.9. The molecule has 0 N–H and O–H groups in total. The third-order valence-corrected chi connectivity index (χ3v) is 6.15. The zero-order valence-electron chi connectivity index (χ0n) is 14.9. The van der Waals surface area contributed by atoms with Gasteiger partial charge in [-0.2, -0.15) is 0 Å². The summed E-state index contributed by atoms with van der Waals surface area (Å²) in [6.07, 6.45) is 1.56. The summed E-state index contributed by atoms with van der Waals surface area (Å²) >= 11 is 9.69. The molecule has 10 heteroatoms. The molecule has 3 aromatic rings. The van der Waals surface area contributed by atoms with E-state index in [4.69, 9.17) is 16.6 Å². The first kappa shape index (κ1) is 20.5. The number of nitrogens with zero attached hydrogens (tertiary/aromatic N) is 2. The van der Waals surface area contributed by atoms with Crippen molar-refractivity contribution in [1.82, 2.24) is 0 Å². The van der Waals surface area contributed by atoms with Crippen LogP contribution in [0.4, 0.5) is 15.8 Å². The molecule has 2 aromatic carbocycles. The number of carbonyl (C=O) groups excluding carboxylic acids is 1. The van der Waals surface area contributed by atoms with E-state index >= 15 is 0 Å². The van der Waals surface area contributed by atoms with Crippen LogP contribution < -0.4 is 4.90 Å². The quantitative estimate of drug-likeness (QED) is 0.183. The van der Waals surface area contributed by atoms with Crippen molar-refractivity contribution < 1.29 is 18.5 Å². The lowest BCUT2D eigenvalue weighted by Gasteiger charge is -2.14. The van der Waals surface area contributed by atoms with E-state index in [9.17, 15) is 19.3 Å². The van der Waals surface area contributed by atoms with Gasteiger partial charge in [0.15, 0.2) is 4.32 Å². The summed E-state index contributed by atoms with van der Waals surface area (Å²) in [5.74, 6) is 0.0542. The van der Waals surface area contributed by atoms with E-state index in [0.29, 0.717) is 36.5 Å². The van der Waals surface area contributed by atoms with Crippen molar-refractivity contribution in [1.29, 1.82) is 0 Å². The minimum atomic E-state index is -0.483. The summed E-state index contributed by atoms with van der Waals surface area (Å²) in [5.41, 5.74) is 0.946. The number of nitro benzene ring substituents is 1. The fraction of sp³-hybridized carbons (Fsp3) is 0. The highest BCUT2D eigenvalue weighted by molar-refractivity contribution is 9.10. The highest BCUT2D eigenvalue weighted by Gasteiger charge is 2.33. The molecule has 2 heterocycles. The molecule has 6 nitrogen and oxygen atoms in total. The number of hydrogen-bond donors (Lipinski definition) is 0. The Labute approximate surface area is 187 Å². The second-order valence-corrected chi connectivity index (χ2v) is 8.65. The average molecular weight is 505 g/mol. The first-order chi connectivity index (χ1) is 14.3. The zero-order chi connectivity index (χ0) is 21.4. The molecular weight excluding hydrogens is 495 g/mol. The molecule has 1 aliphatic heterocycles. The predicted octanol–water partition coefficient (Wildman–Crippen LogP) is 6.16. The lowest BCUT2D eigenvalue weighted by molar-refractivity contribution is -0.384. The molecule has 0 aliphatic carbocycles. The minimum Gasteiger partial charge on any atom is -0.457 e. The predicted molar refractivity (Wildman–Crippen MR) is 121 cm³/mol. The maximum atomic E-state index is 13.5. The number of non-ortho nitro benzene ring substituents is 1. The Morgan fingerprint density at radius 1 is 1.20 bits per heavy atom. The number of thiocarbonyl (C=S) groups is 1. The SMILES string of the molecule is O=C1/C(=C/c2ccc(-c3ccc([N+](=O)[O-])cc3Br)o2)SC(=S)N1c1cccc(F)c1. The molecule has 0 bridgehead atoms. The van der Waals surface area contributed by atoms with Crippen LogP contribution in [-0.2, 0) is 4.79 Å². The Balaban J connectivity index is 1.61. The number of carbonyl (C=O) groups is 1. The number of hydrogen-bond acceptors (Lipinski definition) is 6. The first-order valence-electron chi connectivity index (χ1n) is 8.41. The molecule has 0 radical (unpaired) electrons. The lowest BCUT2D eigenvalue weighted by Crippen LogP contribution is -2.27. The highest BCUT2D eigenvalue weighted by Crippen LogP contribution is 2.37. The molecule has 0 atom stereocenters. The fourth-order valence-electron chi connectivity index (χ4n) is 2.83. The van der Waals surface area contributed by atoms with E-state index in [1.807, 2.05) is 0 Å². The largest absolute Gasteiger partial charge is 0.457 e. The van der Waals surface area contributed by atoms with Gasteiger partial charge in [0.1, 0.15) is 17.3 Å². The van der Waals surface area contributed by atoms with Crippen LogP contribution >= 0.6 is 39.9 Å². The smallest absolute Gasteiger partial charge is 0.270 e. The van der Waals surface area contributed by atoms with Crippen molar-refractivity contribution in [2.24, 2.45) is 0 Å². The molecule has 1 aromatic heterocycles. The molecular formula is C20H10BrFN2O4S2. The van der Waals surface area contributed by atoms with Crippen LogP contribution in [0.1, 0.15) is 5.76 Å². The van der Waals surface area contributed by atoms with E-state index in [-0.39, 0.29) is 11.6 Å². The molecule has 4 rings (SSSR count). The van der Waals surface area contributed by atoms with Gasteiger partial charge < -0.3 is 4.42 Å². The second-order valence-electron chi connectivity index (χ2n) is 6.12. The van der Waals surface area contributed by atoms with Crippen LogP contribution in [0.15, 0.2) is 68.4 Å². The van der Waals surface area contributed by atoms with E-state index in [1.54, 1.807) is 30.3 Å². The number of rotatable bonds is 4. The Hall–Kier alpha value is -2.82. The van der Waals surface area contributed by atoms with E-state index in [2.05, 4.69) is 15.9 Å². The van der Waals surface area contributed by atoms with Gasteiger partial charge in [0.2, 0.25) is 0 Å². The van der Waals surface area contributed by atoms with Crippen LogP contribution in [0.2, 0.25) is 0 Å². The summed E-state index contributed by atoms with van der Waals surface area (Å²) in [7, 11) is 0. The maximum Gasteiger partial charge on any atom is 0.270 e. The number of nitro groups is 1. The van der Waals surface area contributed by atoms with Gasteiger partial charge in [-0.1, -0.05) is 30.0 Å². The van der Waals surface area contributed by atoms with Crippen LogP contribution in [0, 0.1) is 15.9 Å². The summed E-state index contributed by atoms with van der Waals surface area (Å²) in [4.78, 5) is 24.8. The average Bonchev–Trinajstić information content (AvgIpc) is 3.26. The topological polar surface area (TPSA) is 76.6 Å². The van der Waals surface area contributed by atoms with Crippen LogP contribution in [0.25, 0.3) is 17.4 Å². The van der Waals surface area contributed by atoms with E-state index < -0.39 is 10.7 Å². The monoisotopic (exact) mass is 504 g/mol. The van der Waals surface area contributed by atoms with Crippen molar-refractivity contribution in [2.45, 2.75) is 0 Å². The van der Waals surface area contributed by atoms with Crippen molar-refractivity contribution in [3.63, 3.8) is 0 Å². The normalized spacial score (nSPS) is 15.3. The molecule has 0 spiro atoms. The summed E-state index contributed by atoms with van der Waals surface area (Å²) < 4.78 is 20.1.